The zero-order chi connectivity index (χ0) is 12.3. The van der Waals surface area contributed by atoms with E-state index in [9.17, 15) is 0 Å². The van der Waals surface area contributed by atoms with Gasteiger partial charge in [0.15, 0.2) is 5.82 Å². The molecular weight excluding hydrogens is 216 g/mol. The van der Waals surface area contributed by atoms with Gasteiger partial charge < -0.3 is 4.90 Å². The Balaban J connectivity index is 2.20. The number of nitriles is 1. The minimum Gasteiger partial charge on any atom is -0.353 e. The van der Waals surface area contributed by atoms with Gasteiger partial charge in [-0.2, -0.15) is 15.5 Å². The van der Waals surface area contributed by atoms with Crippen molar-refractivity contribution in [1.82, 2.24) is 20.0 Å². The van der Waals surface area contributed by atoms with E-state index in [1.165, 1.54) is 6.20 Å². The van der Waals surface area contributed by atoms with Crippen LogP contribution >= 0.6 is 0 Å². The highest BCUT2D eigenvalue weighted by Crippen LogP contribution is 2.15. The minimum atomic E-state index is 0.520. The maximum Gasteiger partial charge on any atom is 0.169 e. The molecule has 2 aromatic rings. The average Bonchev–Trinajstić information content (AvgIpc) is 2.74. The third kappa shape index (κ3) is 2.39. The molecule has 0 N–H and O–H groups in total. The molecule has 0 unspecified atom stereocenters. The van der Waals surface area contributed by atoms with Gasteiger partial charge in [-0.25, -0.2) is 0 Å². The van der Waals surface area contributed by atoms with Crippen molar-refractivity contribution in [1.29, 1.82) is 5.26 Å². The van der Waals surface area contributed by atoms with Crippen LogP contribution in [0.5, 0.6) is 0 Å². The summed E-state index contributed by atoms with van der Waals surface area (Å²) >= 11 is 0. The predicted molar refractivity (Wildman–Crippen MR) is 62.1 cm³/mol. The van der Waals surface area contributed by atoms with E-state index in [2.05, 4.69) is 21.4 Å². The lowest BCUT2D eigenvalue weighted by Gasteiger charge is -2.17. The molecule has 6 nitrogen and oxygen atoms in total. The lowest BCUT2D eigenvalue weighted by molar-refractivity contribution is 0.766. The van der Waals surface area contributed by atoms with E-state index in [-0.39, 0.29) is 0 Å². The Kier molecular flexibility index (Phi) is 3.01. The van der Waals surface area contributed by atoms with E-state index < -0.39 is 0 Å². The first-order chi connectivity index (χ1) is 8.20. The molecule has 0 atom stereocenters. The Morgan fingerprint density at radius 3 is 3.00 bits per heavy atom. The monoisotopic (exact) mass is 228 g/mol. The van der Waals surface area contributed by atoms with Crippen LogP contribution in [0.25, 0.3) is 0 Å². The van der Waals surface area contributed by atoms with Gasteiger partial charge in [0.1, 0.15) is 6.07 Å². The van der Waals surface area contributed by atoms with Crippen LogP contribution < -0.4 is 4.90 Å². The van der Waals surface area contributed by atoms with Gasteiger partial charge in [0.25, 0.3) is 0 Å². The summed E-state index contributed by atoms with van der Waals surface area (Å²) in [6, 6.07) is 3.76. The Bertz CT molecular complexity index is 553. The minimum absolute atomic E-state index is 0.520. The van der Waals surface area contributed by atoms with E-state index in [0.29, 0.717) is 17.9 Å². The molecule has 0 saturated heterocycles. The fraction of sp³-hybridized carbons (Fsp3) is 0.273. The quantitative estimate of drug-likeness (QED) is 0.774. The van der Waals surface area contributed by atoms with Crippen LogP contribution in [0.3, 0.4) is 0 Å². The van der Waals surface area contributed by atoms with Gasteiger partial charge in [-0.1, -0.05) is 0 Å². The molecule has 2 rings (SSSR count). The zero-order valence-electron chi connectivity index (χ0n) is 9.70. The van der Waals surface area contributed by atoms with Crippen LogP contribution in [0.2, 0.25) is 0 Å². The summed E-state index contributed by atoms with van der Waals surface area (Å²) in [5.41, 5.74) is 1.58. The Morgan fingerprint density at radius 2 is 2.35 bits per heavy atom. The molecule has 0 bridgehead atoms. The molecule has 0 spiro atoms. The van der Waals surface area contributed by atoms with E-state index in [1.54, 1.807) is 16.9 Å². The second kappa shape index (κ2) is 4.61. The van der Waals surface area contributed by atoms with Crippen LogP contribution in [0.15, 0.2) is 24.7 Å². The van der Waals surface area contributed by atoms with Crippen LogP contribution in [0.4, 0.5) is 5.82 Å². The van der Waals surface area contributed by atoms with E-state index in [0.717, 1.165) is 5.56 Å². The highest BCUT2D eigenvalue weighted by atomic mass is 15.3. The fourth-order valence-corrected chi connectivity index (χ4v) is 1.60. The summed E-state index contributed by atoms with van der Waals surface area (Å²) < 4.78 is 1.74. The molecule has 2 aromatic heterocycles. The van der Waals surface area contributed by atoms with Crippen LogP contribution in [-0.4, -0.2) is 27.0 Å². The van der Waals surface area contributed by atoms with Gasteiger partial charge in [-0.05, 0) is 6.07 Å². The zero-order valence-corrected chi connectivity index (χ0v) is 9.70. The van der Waals surface area contributed by atoms with Crippen molar-refractivity contribution in [3.63, 3.8) is 0 Å². The van der Waals surface area contributed by atoms with Gasteiger partial charge in [0, 0.05) is 32.4 Å². The maximum absolute atomic E-state index is 8.98. The molecule has 86 valence electrons. The standard InChI is InChI=1S/C11H12N6/c1-16(7-9-6-14-17(2)8-9)11-10(5-12)3-4-13-15-11/h3-4,6,8H,7H2,1-2H3. The van der Waals surface area contributed by atoms with Gasteiger partial charge in [0.05, 0.1) is 18.0 Å². The number of rotatable bonds is 3. The largest absolute Gasteiger partial charge is 0.353 e. The predicted octanol–water partition coefficient (Wildman–Crippen LogP) is 0.718. The fourth-order valence-electron chi connectivity index (χ4n) is 1.60. The summed E-state index contributed by atoms with van der Waals surface area (Å²) in [6.45, 7) is 0.640. The van der Waals surface area contributed by atoms with Crippen molar-refractivity contribution >= 4 is 5.82 Å². The third-order valence-electron chi connectivity index (χ3n) is 2.36. The summed E-state index contributed by atoms with van der Waals surface area (Å²) in [7, 11) is 3.74. The number of hydrogen-bond donors (Lipinski definition) is 0. The topological polar surface area (TPSA) is 70.6 Å². The number of nitrogens with zero attached hydrogens (tertiary/aromatic N) is 6. The third-order valence-corrected chi connectivity index (χ3v) is 2.36. The SMILES string of the molecule is CN(Cc1cnn(C)c1)c1nnccc1C#N. The molecule has 17 heavy (non-hydrogen) atoms. The summed E-state index contributed by atoms with van der Waals surface area (Å²) in [6.07, 6.45) is 5.23. The van der Waals surface area contributed by atoms with Crippen molar-refractivity contribution in [3.05, 3.63) is 35.8 Å². The normalized spacial score (nSPS) is 9.94. The second-order valence-electron chi connectivity index (χ2n) is 3.76. The van der Waals surface area contributed by atoms with Gasteiger partial charge in [-0.3, -0.25) is 4.68 Å². The van der Waals surface area contributed by atoms with Gasteiger partial charge >= 0.3 is 0 Å². The lowest BCUT2D eigenvalue weighted by Crippen LogP contribution is -2.19. The van der Waals surface area contributed by atoms with Gasteiger partial charge in [0.2, 0.25) is 0 Å². The Hall–Kier alpha value is -2.42. The molecule has 0 amide bonds. The maximum atomic E-state index is 8.98. The van der Waals surface area contributed by atoms with Crippen molar-refractivity contribution in [2.45, 2.75) is 6.54 Å². The second-order valence-corrected chi connectivity index (χ2v) is 3.76. The number of aromatic nitrogens is 4. The number of aryl methyl sites for hydroxylation is 1. The first kappa shape index (κ1) is 11.1. The molecular formula is C11H12N6. The number of anilines is 1. The van der Waals surface area contributed by atoms with Crippen LogP contribution in [-0.2, 0) is 13.6 Å². The first-order valence-corrected chi connectivity index (χ1v) is 5.11. The molecule has 0 saturated carbocycles. The Labute approximate surface area is 99.1 Å². The Morgan fingerprint density at radius 1 is 1.53 bits per heavy atom. The van der Waals surface area contributed by atoms with Crippen LogP contribution in [0, 0.1) is 11.3 Å². The van der Waals surface area contributed by atoms with Gasteiger partial charge in [-0.15, -0.1) is 5.10 Å². The molecule has 0 aliphatic carbocycles. The molecule has 2 heterocycles. The van der Waals surface area contributed by atoms with Crippen molar-refractivity contribution < 1.29 is 0 Å². The smallest absolute Gasteiger partial charge is 0.169 e. The van der Waals surface area contributed by atoms with Crippen molar-refractivity contribution in [2.24, 2.45) is 7.05 Å². The summed E-state index contributed by atoms with van der Waals surface area (Å²) in [4.78, 5) is 1.88. The first-order valence-electron chi connectivity index (χ1n) is 5.11. The molecule has 0 aliphatic rings. The molecule has 6 heteroatoms. The van der Waals surface area contributed by atoms with Crippen molar-refractivity contribution in [2.75, 3.05) is 11.9 Å². The summed E-state index contributed by atoms with van der Waals surface area (Å²) in [5, 5.41) is 20.8. The summed E-state index contributed by atoms with van der Waals surface area (Å²) in [5.74, 6) is 0.582. The molecule has 0 fully saturated rings. The van der Waals surface area contributed by atoms with Crippen molar-refractivity contribution in [3.8, 4) is 6.07 Å². The lowest BCUT2D eigenvalue weighted by atomic mass is 10.2. The van der Waals surface area contributed by atoms with E-state index in [4.69, 9.17) is 5.26 Å². The highest BCUT2D eigenvalue weighted by molar-refractivity contribution is 5.52. The average molecular weight is 228 g/mol. The highest BCUT2D eigenvalue weighted by Gasteiger charge is 2.10. The molecule has 0 aromatic carbocycles. The van der Waals surface area contributed by atoms with E-state index >= 15 is 0 Å². The molecule has 0 radical (unpaired) electrons. The number of hydrogen-bond acceptors (Lipinski definition) is 5. The van der Waals surface area contributed by atoms with E-state index in [1.807, 2.05) is 25.2 Å². The molecule has 0 aliphatic heterocycles. The van der Waals surface area contributed by atoms with Crippen LogP contribution in [0.1, 0.15) is 11.1 Å².